The Kier molecular flexibility index (Phi) is 4.50. The van der Waals surface area contributed by atoms with Gasteiger partial charge in [-0.25, -0.2) is 8.78 Å². The largest absolute Gasteiger partial charge is 0.325 e. The van der Waals surface area contributed by atoms with Gasteiger partial charge in [0.05, 0.1) is 0 Å². The second-order valence-corrected chi connectivity index (χ2v) is 5.27. The zero-order valence-corrected chi connectivity index (χ0v) is 11.6. The molecule has 2 aromatic carbocycles. The van der Waals surface area contributed by atoms with Crippen LogP contribution in [0.1, 0.15) is 24.5 Å². The van der Waals surface area contributed by atoms with Crippen molar-refractivity contribution in [2.75, 3.05) is 0 Å². The van der Waals surface area contributed by atoms with Gasteiger partial charge in [0.25, 0.3) is 0 Å². The molecule has 0 radical (unpaired) electrons. The van der Waals surface area contributed by atoms with E-state index in [0.29, 0.717) is 24.8 Å². The van der Waals surface area contributed by atoms with E-state index in [2.05, 4.69) is 0 Å². The molecule has 1 unspecified atom stereocenters. The fourth-order valence-corrected chi connectivity index (χ4v) is 2.38. The van der Waals surface area contributed by atoms with Crippen molar-refractivity contribution < 1.29 is 8.78 Å². The summed E-state index contributed by atoms with van der Waals surface area (Å²) in [5.41, 5.74) is 7.26. The molecule has 0 amide bonds. The molecule has 1 atom stereocenters. The van der Waals surface area contributed by atoms with E-state index in [1.807, 2.05) is 37.3 Å². The van der Waals surface area contributed by atoms with Crippen LogP contribution in [0.4, 0.5) is 8.78 Å². The Morgan fingerprint density at radius 3 is 2.30 bits per heavy atom. The average molecular weight is 275 g/mol. The van der Waals surface area contributed by atoms with Crippen LogP contribution < -0.4 is 5.73 Å². The maximum absolute atomic E-state index is 13.8. The molecule has 0 saturated carbocycles. The van der Waals surface area contributed by atoms with Crippen LogP contribution in [0.2, 0.25) is 0 Å². The van der Waals surface area contributed by atoms with Crippen molar-refractivity contribution in [2.45, 2.75) is 31.7 Å². The first kappa shape index (κ1) is 14.7. The van der Waals surface area contributed by atoms with E-state index in [1.165, 1.54) is 6.07 Å². The Hall–Kier alpha value is -1.74. The highest BCUT2D eigenvalue weighted by molar-refractivity contribution is 5.24. The van der Waals surface area contributed by atoms with Crippen LogP contribution >= 0.6 is 0 Å². The monoisotopic (exact) mass is 275 g/mol. The molecule has 0 bridgehead atoms. The first-order valence-electron chi connectivity index (χ1n) is 6.80. The van der Waals surface area contributed by atoms with Gasteiger partial charge in [0.2, 0.25) is 0 Å². The van der Waals surface area contributed by atoms with Gasteiger partial charge in [-0.05, 0) is 36.5 Å². The number of rotatable bonds is 5. The van der Waals surface area contributed by atoms with E-state index in [9.17, 15) is 8.78 Å². The molecule has 0 aliphatic rings. The van der Waals surface area contributed by atoms with E-state index in [0.717, 1.165) is 11.6 Å². The molecule has 2 N–H and O–H groups in total. The van der Waals surface area contributed by atoms with Crippen LogP contribution in [0.15, 0.2) is 48.5 Å². The summed E-state index contributed by atoms with van der Waals surface area (Å²) in [6.45, 7) is 1.97. The Bertz CT molecular complexity index is 568. The number of benzene rings is 2. The number of hydrogen-bond acceptors (Lipinski definition) is 1. The molecular formula is C17H19F2N. The van der Waals surface area contributed by atoms with Gasteiger partial charge in [-0.3, -0.25) is 0 Å². The van der Waals surface area contributed by atoms with Crippen molar-refractivity contribution in [2.24, 2.45) is 5.73 Å². The van der Waals surface area contributed by atoms with Gasteiger partial charge >= 0.3 is 0 Å². The summed E-state index contributed by atoms with van der Waals surface area (Å²) >= 11 is 0. The SMILES string of the molecule is CCC(N)(Cc1ccccc1)Cc1cccc(F)c1F. The lowest BCUT2D eigenvalue weighted by atomic mass is 9.83. The van der Waals surface area contributed by atoms with Crippen LogP contribution in [0.25, 0.3) is 0 Å². The molecule has 3 heteroatoms. The second-order valence-electron chi connectivity index (χ2n) is 5.27. The summed E-state index contributed by atoms with van der Waals surface area (Å²) in [6.07, 6.45) is 1.65. The third-order valence-corrected chi connectivity index (χ3v) is 3.68. The molecule has 0 heterocycles. The minimum absolute atomic E-state index is 0.321. The Morgan fingerprint density at radius 2 is 1.65 bits per heavy atom. The summed E-state index contributed by atoms with van der Waals surface area (Å²) in [5.74, 6) is -1.61. The third-order valence-electron chi connectivity index (χ3n) is 3.68. The van der Waals surface area contributed by atoms with Gasteiger partial charge in [0.15, 0.2) is 11.6 Å². The fourth-order valence-electron chi connectivity index (χ4n) is 2.38. The third kappa shape index (κ3) is 3.42. The Labute approximate surface area is 118 Å². The summed E-state index contributed by atoms with van der Waals surface area (Å²) in [4.78, 5) is 0. The van der Waals surface area contributed by atoms with E-state index in [1.54, 1.807) is 6.07 Å². The average Bonchev–Trinajstić information content (AvgIpc) is 2.45. The highest BCUT2D eigenvalue weighted by Crippen LogP contribution is 2.22. The molecular weight excluding hydrogens is 256 g/mol. The summed E-state index contributed by atoms with van der Waals surface area (Å²) in [7, 11) is 0. The van der Waals surface area contributed by atoms with Crippen LogP contribution in [-0.4, -0.2) is 5.54 Å². The predicted octanol–water partition coefficient (Wildman–Crippen LogP) is 3.86. The Balaban J connectivity index is 2.21. The van der Waals surface area contributed by atoms with Gasteiger partial charge in [0, 0.05) is 5.54 Å². The van der Waals surface area contributed by atoms with E-state index < -0.39 is 17.2 Å². The molecule has 0 aromatic heterocycles. The first-order chi connectivity index (χ1) is 9.54. The first-order valence-corrected chi connectivity index (χ1v) is 6.80. The summed E-state index contributed by atoms with van der Waals surface area (Å²) in [6, 6.07) is 14.1. The minimum Gasteiger partial charge on any atom is -0.325 e. The molecule has 0 aliphatic carbocycles. The smallest absolute Gasteiger partial charge is 0.162 e. The minimum atomic E-state index is -0.819. The number of nitrogens with two attached hydrogens (primary N) is 1. The normalized spacial score (nSPS) is 14.0. The predicted molar refractivity (Wildman–Crippen MR) is 77.4 cm³/mol. The summed E-state index contributed by atoms with van der Waals surface area (Å²) < 4.78 is 27.0. The maximum atomic E-state index is 13.8. The van der Waals surface area contributed by atoms with Crippen LogP contribution in [0.3, 0.4) is 0 Å². The highest BCUT2D eigenvalue weighted by Gasteiger charge is 2.25. The van der Waals surface area contributed by atoms with Gasteiger partial charge < -0.3 is 5.73 Å². The molecule has 2 aromatic rings. The van der Waals surface area contributed by atoms with Gasteiger partial charge in [0.1, 0.15) is 0 Å². The molecule has 0 spiro atoms. The van der Waals surface area contributed by atoms with Crippen LogP contribution in [-0.2, 0) is 12.8 Å². The molecule has 0 fully saturated rings. The lowest BCUT2D eigenvalue weighted by Crippen LogP contribution is -2.44. The molecule has 0 saturated heterocycles. The van der Waals surface area contributed by atoms with Crippen molar-refractivity contribution in [3.63, 3.8) is 0 Å². The van der Waals surface area contributed by atoms with Crippen molar-refractivity contribution in [1.29, 1.82) is 0 Å². The van der Waals surface area contributed by atoms with Crippen molar-refractivity contribution in [3.8, 4) is 0 Å². The molecule has 1 nitrogen and oxygen atoms in total. The fraction of sp³-hybridized carbons (Fsp3) is 0.294. The van der Waals surface area contributed by atoms with Crippen molar-refractivity contribution >= 4 is 0 Å². The number of halogens is 2. The maximum Gasteiger partial charge on any atom is 0.162 e. The zero-order chi connectivity index (χ0) is 14.6. The van der Waals surface area contributed by atoms with Gasteiger partial charge in [-0.2, -0.15) is 0 Å². The Morgan fingerprint density at radius 1 is 0.950 bits per heavy atom. The quantitative estimate of drug-likeness (QED) is 0.881. The molecule has 0 aliphatic heterocycles. The van der Waals surface area contributed by atoms with E-state index in [-0.39, 0.29) is 0 Å². The second kappa shape index (κ2) is 6.14. The van der Waals surface area contributed by atoms with Gasteiger partial charge in [-0.1, -0.05) is 49.4 Å². The number of hydrogen-bond donors (Lipinski definition) is 1. The van der Waals surface area contributed by atoms with Crippen LogP contribution in [0.5, 0.6) is 0 Å². The molecule has 2 rings (SSSR count). The molecule has 106 valence electrons. The van der Waals surface area contributed by atoms with Crippen LogP contribution in [0, 0.1) is 11.6 Å². The zero-order valence-electron chi connectivity index (χ0n) is 11.6. The highest BCUT2D eigenvalue weighted by atomic mass is 19.2. The van der Waals surface area contributed by atoms with E-state index in [4.69, 9.17) is 5.73 Å². The molecule has 20 heavy (non-hydrogen) atoms. The lowest BCUT2D eigenvalue weighted by molar-refractivity contribution is 0.392. The summed E-state index contributed by atoms with van der Waals surface area (Å²) in [5, 5.41) is 0. The van der Waals surface area contributed by atoms with Crippen molar-refractivity contribution in [1.82, 2.24) is 0 Å². The van der Waals surface area contributed by atoms with E-state index >= 15 is 0 Å². The van der Waals surface area contributed by atoms with Crippen molar-refractivity contribution in [3.05, 3.63) is 71.3 Å². The lowest BCUT2D eigenvalue weighted by Gasteiger charge is -2.29. The standard InChI is InChI=1S/C17H19F2N/c1-2-17(20,11-13-7-4-3-5-8-13)12-14-9-6-10-15(18)16(14)19/h3-10H,2,11-12,20H2,1H3. The topological polar surface area (TPSA) is 26.0 Å². The van der Waals surface area contributed by atoms with Gasteiger partial charge in [-0.15, -0.1) is 0 Å².